The van der Waals surface area contributed by atoms with E-state index >= 15 is 0 Å². The smallest absolute Gasteiger partial charge is 0.223 e. The lowest BCUT2D eigenvalue weighted by atomic mass is 10.4. The molecular weight excluding hydrogens is 120 g/mol. The summed E-state index contributed by atoms with van der Waals surface area (Å²) in [5.74, 6) is 0. The predicted molar refractivity (Wildman–Crippen MR) is 31.4 cm³/mol. The summed E-state index contributed by atoms with van der Waals surface area (Å²) in [6.45, 7) is 2.09. The molecule has 1 aromatic heterocycles. The molecule has 0 amide bonds. The number of aromatic nitrogens is 1. The Labute approximate surface area is 51.6 Å². The summed E-state index contributed by atoms with van der Waals surface area (Å²) >= 11 is 1.79. The number of rotatable bonds is 0. The molecule has 0 spiro atoms. The first-order valence-electron chi connectivity index (χ1n) is 2.64. The summed E-state index contributed by atoms with van der Waals surface area (Å²) < 4.78 is 0. The second kappa shape index (κ2) is 1.53. The highest BCUT2D eigenvalue weighted by Crippen LogP contribution is 2.13. The van der Waals surface area contributed by atoms with Gasteiger partial charge in [0.05, 0.1) is 11.4 Å². The second-order valence-electron chi connectivity index (χ2n) is 1.89. The lowest BCUT2D eigenvalue weighted by molar-refractivity contribution is -0.382. The van der Waals surface area contributed by atoms with Crippen molar-refractivity contribution >= 4 is 11.3 Å². The van der Waals surface area contributed by atoms with E-state index in [4.69, 9.17) is 0 Å². The highest BCUT2D eigenvalue weighted by Gasteiger charge is 2.16. The van der Waals surface area contributed by atoms with E-state index in [-0.39, 0.29) is 0 Å². The zero-order valence-corrected chi connectivity index (χ0v) is 5.22. The van der Waals surface area contributed by atoms with Crippen molar-refractivity contribution in [3.05, 3.63) is 16.1 Å². The maximum absolute atomic E-state index is 3.25. The van der Waals surface area contributed by atoms with Crippen LogP contribution in [0.2, 0.25) is 0 Å². The van der Waals surface area contributed by atoms with Crippen LogP contribution in [-0.2, 0) is 13.1 Å². The maximum atomic E-state index is 3.25. The molecule has 1 aromatic rings. The van der Waals surface area contributed by atoms with Crippen LogP contribution in [0.15, 0.2) is 5.51 Å². The zero-order chi connectivity index (χ0) is 5.40. The number of H-pyrrole nitrogens is 1. The van der Waals surface area contributed by atoms with Crippen molar-refractivity contribution in [2.75, 3.05) is 0 Å². The van der Waals surface area contributed by atoms with Gasteiger partial charge in [-0.15, -0.1) is 0 Å². The molecule has 0 aliphatic carbocycles. The van der Waals surface area contributed by atoms with Crippen molar-refractivity contribution in [3.63, 3.8) is 0 Å². The van der Waals surface area contributed by atoms with Crippen molar-refractivity contribution in [3.8, 4) is 0 Å². The van der Waals surface area contributed by atoms with Crippen molar-refractivity contribution < 1.29 is 4.98 Å². The van der Waals surface area contributed by atoms with Crippen LogP contribution in [0.1, 0.15) is 10.6 Å². The summed E-state index contributed by atoms with van der Waals surface area (Å²) in [5.41, 5.74) is 3.40. The lowest BCUT2D eigenvalue weighted by Gasteiger charge is -1.78. The molecule has 0 aromatic carbocycles. The topological polar surface area (TPSA) is 26.2 Å². The third-order valence-corrected chi connectivity index (χ3v) is 2.27. The minimum atomic E-state index is 1.03. The highest BCUT2D eigenvalue weighted by molar-refractivity contribution is 7.09. The van der Waals surface area contributed by atoms with E-state index in [1.54, 1.807) is 11.3 Å². The van der Waals surface area contributed by atoms with Crippen LogP contribution < -0.4 is 10.3 Å². The van der Waals surface area contributed by atoms with E-state index in [2.05, 4.69) is 10.3 Å². The Bertz CT molecular complexity index is 176. The van der Waals surface area contributed by atoms with Gasteiger partial charge in [-0.05, 0) is 0 Å². The van der Waals surface area contributed by atoms with Crippen molar-refractivity contribution in [2.45, 2.75) is 13.1 Å². The molecule has 0 unspecified atom stereocenters. The Balaban J connectivity index is 2.54. The molecule has 2 heterocycles. The minimum Gasteiger partial charge on any atom is -0.302 e. The van der Waals surface area contributed by atoms with Gasteiger partial charge in [-0.3, -0.25) is 0 Å². The maximum Gasteiger partial charge on any atom is 0.223 e. The fraction of sp³-hybridized carbons (Fsp3) is 0.400. The van der Waals surface area contributed by atoms with E-state index in [0.29, 0.717) is 0 Å². The number of fused-ring (bicyclic) bond motifs is 1. The van der Waals surface area contributed by atoms with Crippen molar-refractivity contribution in [1.82, 2.24) is 5.32 Å². The number of hydrogen-bond acceptors (Lipinski definition) is 2. The molecule has 2 rings (SSSR count). The van der Waals surface area contributed by atoms with Crippen molar-refractivity contribution in [2.24, 2.45) is 0 Å². The van der Waals surface area contributed by atoms with Gasteiger partial charge in [-0.25, -0.2) is 4.98 Å². The Kier molecular flexibility index (Phi) is 0.856. The number of thiazole rings is 1. The van der Waals surface area contributed by atoms with Gasteiger partial charge in [-0.1, -0.05) is 11.3 Å². The molecule has 0 fully saturated rings. The van der Waals surface area contributed by atoms with E-state index in [1.165, 1.54) is 10.6 Å². The van der Waals surface area contributed by atoms with Gasteiger partial charge in [0.1, 0.15) is 0 Å². The summed E-state index contributed by atoms with van der Waals surface area (Å²) in [6.07, 6.45) is 0. The largest absolute Gasteiger partial charge is 0.302 e. The van der Waals surface area contributed by atoms with Gasteiger partial charge in [0, 0.05) is 6.54 Å². The molecule has 0 radical (unpaired) electrons. The normalized spacial score (nSPS) is 16.5. The van der Waals surface area contributed by atoms with Crippen molar-refractivity contribution in [1.29, 1.82) is 0 Å². The Morgan fingerprint density at radius 3 is 3.50 bits per heavy atom. The summed E-state index contributed by atoms with van der Waals surface area (Å²) in [5, 5.41) is 3.25. The van der Waals surface area contributed by atoms with Crippen LogP contribution in [0.3, 0.4) is 0 Å². The number of nitrogens with one attached hydrogen (secondary N) is 2. The summed E-state index contributed by atoms with van der Waals surface area (Å²) in [6, 6.07) is 0. The van der Waals surface area contributed by atoms with Gasteiger partial charge in [-0.2, -0.15) is 0 Å². The predicted octanol–water partition coefficient (Wildman–Crippen LogP) is 0.165. The van der Waals surface area contributed by atoms with E-state index in [1.807, 2.05) is 5.51 Å². The number of hydrogen-bond donors (Lipinski definition) is 1. The molecule has 2 nitrogen and oxygen atoms in total. The van der Waals surface area contributed by atoms with Gasteiger partial charge in [0.2, 0.25) is 11.2 Å². The molecule has 2 N–H and O–H groups in total. The average Bonchev–Trinajstić information content (AvgIpc) is 2.15. The van der Waals surface area contributed by atoms with Gasteiger partial charge in [0.25, 0.3) is 0 Å². The lowest BCUT2D eigenvalue weighted by Crippen LogP contribution is -2.08. The second-order valence-corrected chi connectivity index (χ2v) is 2.85. The monoisotopic (exact) mass is 127 g/mol. The Hall–Kier alpha value is -0.410. The van der Waals surface area contributed by atoms with Gasteiger partial charge in [0.15, 0.2) is 0 Å². The Morgan fingerprint density at radius 1 is 1.62 bits per heavy atom. The molecule has 0 saturated carbocycles. The molecule has 42 valence electrons. The molecule has 1 aliphatic heterocycles. The fourth-order valence-corrected chi connectivity index (χ4v) is 1.72. The third kappa shape index (κ3) is 0.485. The zero-order valence-electron chi connectivity index (χ0n) is 4.40. The Morgan fingerprint density at radius 2 is 2.62 bits per heavy atom. The standard InChI is InChI=1S/C5H6N2S/c1-4-5(2-6-1)8-3-7-4/h3,6H,1-2H2/p+1. The van der Waals surface area contributed by atoms with Gasteiger partial charge < -0.3 is 5.32 Å². The molecular formula is C5H7N2S+. The summed E-state index contributed by atoms with van der Waals surface area (Å²) in [4.78, 5) is 4.64. The SMILES string of the molecule is c1[nH+]c2c(s1)CNC2. The fourth-order valence-electron chi connectivity index (χ4n) is 0.922. The van der Waals surface area contributed by atoms with E-state index in [0.717, 1.165) is 13.1 Å². The molecule has 3 heteroatoms. The van der Waals surface area contributed by atoms with E-state index < -0.39 is 0 Å². The van der Waals surface area contributed by atoms with Crippen LogP contribution >= 0.6 is 11.3 Å². The van der Waals surface area contributed by atoms with Crippen LogP contribution in [0.25, 0.3) is 0 Å². The third-order valence-electron chi connectivity index (χ3n) is 1.36. The van der Waals surface area contributed by atoms with E-state index in [9.17, 15) is 0 Å². The molecule has 1 aliphatic rings. The van der Waals surface area contributed by atoms with Crippen LogP contribution in [0.5, 0.6) is 0 Å². The minimum absolute atomic E-state index is 1.03. The molecule has 0 saturated heterocycles. The van der Waals surface area contributed by atoms with Gasteiger partial charge >= 0.3 is 0 Å². The summed E-state index contributed by atoms with van der Waals surface area (Å²) in [7, 11) is 0. The first-order chi connectivity index (χ1) is 3.97. The first-order valence-corrected chi connectivity index (χ1v) is 3.52. The average molecular weight is 127 g/mol. The van der Waals surface area contributed by atoms with Crippen LogP contribution in [-0.4, -0.2) is 0 Å². The van der Waals surface area contributed by atoms with Crippen LogP contribution in [0, 0.1) is 0 Å². The highest BCUT2D eigenvalue weighted by atomic mass is 32.1. The number of aromatic amines is 1. The first kappa shape index (κ1) is 4.47. The molecule has 0 bridgehead atoms. The molecule has 0 atom stereocenters. The molecule has 8 heavy (non-hydrogen) atoms. The van der Waals surface area contributed by atoms with Crippen LogP contribution in [0.4, 0.5) is 0 Å². The quantitative estimate of drug-likeness (QED) is 0.528.